The van der Waals surface area contributed by atoms with E-state index in [1.54, 1.807) is 47.6 Å². The number of amides is 2. The lowest BCUT2D eigenvalue weighted by molar-refractivity contribution is -0.134. The monoisotopic (exact) mass is 416 g/mol. The second-order valence-corrected chi connectivity index (χ2v) is 7.41. The maximum absolute atomic E-state index is 13.1. The van der Waals surface area contributed by atoms with Gasteiger partial charge in [-0.15, -0.1) is 6.58 Å². The molecule has 2 amide bonds. The number of furan rings is 1. The number of hydrogen-bond acceptors (Lipinski definition) is 4. The summed E-state index contributed by atoms with van der Waals surface area (Å²) in [4.78, 5) is 29.2. The van der Waals surface area contributed by atoms with Gasteiger partial charge in [0.05, 0.1) is 18.9 Å². The Morgan fingerprint density at radius 3 is 2.62 bits per heavy atom. The number of carbonyl (C=O) groups excluding carboxylic acids is 2. The van der Waals surface area contributed by atoms with Gasteiger partial charge in [-0.25, -0.2) is 0 Å². The molecule has 0 saturated carbocycles. The van der Waals surface area contributed by atoms with Gasteiger partial charge >= 0.3 is 0 Å². The average Bonchev–Trinajstić information content (AvgIpc) is 3.41. The zero-order chi connectivity index (χ0) is 20.6. The van der Waals surface area contributed by atoms with Gasteiger partial charge in [-0.1, -0.05) is 17.7 Å². The van der Waals surface area contributed by atoms with Gasteiger partial charge in [0, 0.05) is 30.3 Å². The Hall–Kier alpha value is -2.57. The predicted octanol–water partition coefficient (Wildman–Crippen LogP) is 3.77. The molecule has 0 bridgehead atoms. The highest BCUT2D eigenvalue weighted by Crippen LogP contribution is 2.17. The largest absolute Gasteiger partial charge is 0.467 e. The fourth-order valence-corrected chi connectivity index (χ4v) is 3.42. The van der Waals surface area contributed by atoms with Crippen LogP contribution in [0.3, 0.4) is 0 Å². The molecule has 3 rings (SSSR count). The highest BCUT2D eigenvalue weighted by atomic mass is 35.5. The Morgan fingerprint density at radius 1 is 1.21 bits per heavy atom. The van der Waals surface area contributed by atoms with Gasteiger partial charge in [0.25, 0.3) is 5.91 Å². The molecule has 0 N–H and O–H groups in total. The number of rotatable bonds is 9. The lowest BCUT2D eigenvalue weighted by Gasteiger charge is -2.28. The van der Waals surface area contributed by atoms with Gasteiger partial charge in [0.1, 0.15) is 12.3 Å². The Morgan fingerprint density at radius 2 is 2.00 bits per heavy atom. The van der Waals surface area contributed by atoms with Crippen molar-refractivity contribution in [2.45, 2.75) is 25.5 Å². The normalized spacial score (nSPS) is 15.8. The minimum Gasteiger partial charge on any atom is -0.467 e. The molecule has 1 unspecified atom stereocenters. The van der Waals surface area contributed by atoms with E-state index in [0.29, 0.717) is 36.0 Å². The Kier molecular flexibility index (Phi) is 7.49. The van der Waals surface area contributed by atoms with Crippen LogP contribution in [0.25, 0.3) is 0 Å². The molecule has 2 heterocycles. The Labute approximate surface area is 175 Å². The molecule has 0 radical (unpaired) electrons. The first-order valence-electron chi connectivity index (χ1n) is 9.64. The van der Waals surface area contributed by atoms with Crippen molar-refractivity contribution < 1.29 is 18.7 Å². The van der Waals surface area contributed by atoms with Crippen LogP contribution in [0.1, 0.15) is 29.0 Å². The molecule has 0 spiro atoms. The van der Waals surface area contributed by atoms with E-state index in [1.807, 2.05) is 6.07 Å². The summed E-state index contributed by atoms with van der Waals surface area (Å²) in [7, 11) is 0. The molecule has 1 fully saturated rings. The molecular formula is C22H25ClN2O4. The van der Waals surface area contributed by atoms with E-state index in [-0.39, 0.29) is 31.0 Å². The number of ether oxygens (including phenoxy) is 1. The van der Waals surface area contributed by atoms with Gasteiger partial charge in [-0.3, -0.25) is 9.59 Å². The lowest BCUT2D eigenvalue weighted by atomic mass is 10.2. The lowest BCUT2D eigenvalue weighted by Crippen LogP contribution is -2.45. The topological polar surface area (TPSA) is 63.0 Å². The van der Waals surface area contributed by atoms with Gasteiger partial charge in [-0.05, 0) is 49.2 Å². The van der Waals surface area contributed by atoms with E-state index in [0.717, 1.165) is 12.8 Å². The van der Waals surface area contributed by atoms with Crippen LogP contribution in [0.15, 0.2) is 59.7 Å². The Bertz CT molecular complexity index is 814. The summed E-state index contributed by atoms with van der Waals surface area (Å²) < 4.78 is 11.1. The average molecular weight is 417 g/mol. The molecular weight excluding hydrogens is 392 g/mol. The van der Waals surface area contributed by atoms with Crippen LogP contribution < -0.4 is 0 Å². The second-order valence-electron chi connectivity index (χ2n) is 6.97. The van der Waals surface area contributed by atoms with Crippen molar-refractivity contribution in [1.29, 1.82) is 0 Å². The van der Waals surface area contributed by atoms with Crippen molar-refractivity contribution in [2.24, 2.45) is 0 Å². The summed E-state index contributed by atoms with van der Waals surface area (Å²) >= 11 is 5.91. The van der Waals surface area contributed by atoms with Crippen LogP contribution in [0, 0.1) is 0 Å². The molecule has 1 aliphatic rings. The van der Waals surface area contributed by atoms with E-state index in [2.05, 4.69) is 6.58 Å². The molecule has 1 aromatic heterocycles. The molecule has 0 aliphatic carbocycles. The molecule has 154 valence electrons. The molecule has 6 nitrogen and oxygen atoms in total. The van der Waals surface area contributed by atoms with E-state index < -0.39 is 0 Å². The maximum Gasteiger partial charge on any atom is 0.254 e. The van der Waals surface area contributed by atoms with Crippen molar-refractivity contribution in [3.63, 3.8) is 0 Å². The highest BCUT2D eigenvalue weighted by Gasteiger charge is 2.26. The van der Waals surface area contributed by atoms with Gasteiger partial charge < -0.3 is 19.0 Å². The molecule has 1 aromatic carbocycles. The molecule has 1 saturated heterocycles. The molecule has 2 aromatic rings. The maximum atomic E-state index is 13.1. The number of nitrogens with zero attached hydrogens (tertiary/aromatic N) is 2. The molecule has 1 aliphatic heterocycles. The van der Waals surface area contributed by atoms with Crippen LogP contribution >= 0.6 is 11.6 Å². The first kappa shape index (κ1) is 21.1. The van der Waals surface area contributed by atoms with Crippen molar-refractivity contribution in [2.75, 3.05) is 26.2 Å². The summed E-state index contributed by atoms with van der Waals surface area (Å²) in [5, 5.41) is 0.550. The van der Waals surface area contributed by atoms with Crippen LogP contribution in [0.5, 0.6) is 0 Å². The van der Waals surface area contributed by atoms with Gasteiger partial charge in [0.15, 0.2) is 0 Å². The van der Waals surface area contributed by atoms with Crippen LogP contribution in [0.2, 0.25) is 5.02 Å². The van der Waals surface area contributed by atoms with Crippen LogP contribution in [-0.2, 0) is 16.1 Å². The molecule has 7 heteroatoms. The number of carbonyl (C=O) groups is 2. The van der Waals surface area contributed by atoms with E-state index >= 15 is 0 Å². The summed E-state index contributed by atoms with van der Waals surface area (Å²) in [5.74, 6) is 0.279. The highest BCUT2D eigenvalue weighted by molar-refractivity contribution is 6.30. The fraction of sp³-hybridized carbons (Fsp3) is 0.364. The van der Waals surface area contributed by atoms with Crippen molar-refractivity contribution in [3.05, 3.63) is 71.7 Å². The minimum atomic E-state index is -0.245. The van der Waals surface area contributed by atoms with Gasteiger partial charge in [-0.2, -0.15) is 0 Å². The van der Waals surface area contributed by atoms with Crippen LogP contribution in [0.4, 0.5) is 0 Å². The fourth-order valence-electron chi connectivity index (χ4n) is 3.29. The van der Waals surface area contributed by atoms with Gasteiger partial charge in [0.2, 0.25) is 5.91 Å². The number of hydrogen-bond donors (Lipinski definition) is 0. The number of halogens is 1. The predicted molar refractivity (Wildman–Crippen MR) is 111 cm³/mol. The molecule has 1 atom stereocenters. The zero-order valence-electron chi connectivity index (χ0n) is 16.3. The van der Waals surface area contributed by atoms with E-state index in [4.69, 9.17) is 20.8 Å². The quantitative estimate of drug-likeness (QED) is 0.584. The minimum absolute atomic E-state index is 0.00809. The smallest absolute Gasteiger partial charge is 0.254 e. The Balaban J connectivity index is 1.72. The second kappa shape index (κ2) is 10.3. The third-order valence-corrected chi connectivity index (χ3v) is 5.03. The third kappa shape index (κ3) is 5.95. The first-order chi connectivity index (χ1) is 14.1. The third-order valence-electron chi connectivity index (χ3n) is 4.78. The summed E-state index contributed by atoms with van der Waals surface area (Å²) in [6.07, 6.45) is 5.11. The van der Waals surface area contributed by atoms with Crippen molar-refractivity contribution >= 4 is 23.4 Å². The zero-order valence-corrected chi connectivity index (χ0v) is 17.0. The van der Waals surface area contributed by atoms with E-state index in [1.165, 1.54) is 4.90 Å². The summed E-state index contributed by atoms with van der Waals surface area (Å²) in [6, 6.07) is 10.2. The number of benzene rings is 1. The van der Waals surface area contributed by atoms with E-state index in [9.17, 15) is 9.59 Å². The van der Waals surface area contributed by atoms with Crippen LogP contribution in [-0.4, -0.2) is 54.0 Å². The molecule has 29 heavy (non-hydrogen) atoms. The van der Waals surface area contributed by atoms with Crippen molar-refractivity contribution in [3.8, 4) is 0 Å². The first-order valence-corrected chi connectivity index (χ1v) is 10.0. The summed E-state index contributed by atoms with van der Waals surface area (Å²) in [5.41, 5.74) is 0.473. The van der Waals surface area contributed by atoms with Crippen molar-refractivity contribution in [1.82, 2.24) is 9.80 Å². The summed E-state index contributed by atoms with van der Waals surface area (Å²) in [6.45, 7) is 5.44. The standard InChI is InChI=1S/C22H25ClN2O4/c1-2-11-24(22(27)17-7-9-18(23)10-8-17)16-21(26)25(14-19-5-3-12-28-19)15-20-6-4-13-29-20/h2-3,5,7-10,12,20H,1,4,6,11,13-16H2. The SMILES string of the molecule is C=CCN(CC(=O)N(Cc1ccco1)CC1CCCO1)C(=O)c1ccc(Cl)cc1.